The molecule has 5 aliphatic rings. The summed E-state index contributed by atoms with van der Waals surface area (Å²) in [7, 11) is 1.54. The molecule has 3 saturated carbocycles. The van der Waals surface area contributed by atoms with Crippen LogP contribution in [0, 0.1) is 32.5 Å². The number of methoxy groups -OCH3 is 1. The Bertz CT molecular complexity index is 1950. The van der Waals surface area contributed by atoms with E-state index in [0.717, 1.165) is 26.2 Å². The van der Waals surface area contributed by atoms with Crippen LogP contribution in [0.25, 0.3) is 0 Å². The van der Waals surface area contributed by atoms with Gasteiger partial charge in [-0.2, -0.15) is 0 Å². The molecule has 3 unspecified atom stereocenters. The van der Waals surface area contributed by atoms with Gasteiger partial charge in [0.25, 0.3) is 0 Å². The van der Waals surface area contributed by atoms with Crippen LogP contribution in [-0.2, 0) is 38.6 Å². The molecule has 3 N–H and O–H groups in total. The topological polar surface area (TPSA) is 196 Å². The van der Waals surface area contributed by atoms with Crippen LogP contribution < -0.4 is 33.0 Å². The highest BCUT2D eigenvalue weighted by atomic mass is 16.6. The van der Waals surface area contributed by atoms with Crippen LogP contribution in [0.4, 0.5) is 14.4 Å². The van der Waals surface area contributed by atoms with Crippen LogP contribution in [0.5, 0.6) is 0 Å². The zero-order valence-electron chi connectivity index (χ0n) is 41.1. The molecular formula is C47H80N8O10. The number of nitrogens with one attached hydrogen (secondary N) is 3. The molecule has 6 rings (SSSR count). The molecule has 0 spiro atoms. The molecule has 3 amide bonds. The predicted molar refractivity (Wildman–Crippen MR) is 246 cm³/mol. The minimum Gasteiger partial charge on any atom is -0.448 e. The summed E-state index contributed by atoms with van der Waals surface area (Å²) in [5, 5.41) is 9.18. The van der Waals surface area contributed by atoms with E-state index in [2.05, 4.69) is 81.1 Å². The summed E-state index contributed by atoms with van der Waals surface area (Å²) in [6.07, 6.45) is 4.00. The number of ether oxygens (including phenoxy) is 4. The van der Waals surface area contributed by atoms with Crippen molar-refractivity contribution in [1.29, 1.82) is 0 Å². The summed E-state index contributed by atoms with van der Waals surface area (Å²) in [6.45, 7) is 25.4. The number of hydrogen-bond donors (Lipinski definition) is 3. The van der Waals surface area contributed by atoms with E-state index < -0.39 is 51.6 Å². The third-order valence-corrected chi connectivity index (χ3v) is 14.2. The summed E-state index contributed by atoms with van der Waals surface area (Å²) in [6, 6.07) is -0.818. The summed E-state index contributed by atoms with van der Waals surface area (Å²) < 4.78 is 25.2. The van der Waals surface area contributed by atoms with Crippen molar-refractivity contribution >= 4 is 18.3 Å². The SMILES string of the molecule is COCCOC(=O)NC1CC(C)(C)CC(C)(Cn2c(=O)n(CC3(C)C[C@H](NC(=O)OCCN4CC4)CC(C)(C)C3)c(=O)n(C[C@]3(C)C[C@@H](NC(=O)OCCN4CC4)CC(C)(C)C3)c2=O)C1. The molecule has 368 valence electrons. The lowest BCUT2D eigenvalue weighted by atomic mass is 9.62. The van der Waals surface area contributed by atoms with Gasteiger partial charge in [0.1, 0.15) is 19.8 Å². The van der Waals surface area contributed by atoms with Crippen LogP contribution in [0.1, 0.15) is 120 Å². The molecule has 0 radical (unpaired) electrons. The summed E-state index contributed by atoms with van der Waals surface area (Å²) in [5.74, 6) is 0. The average Bonchev–Trinajstić information content (AvgIpc) is 4.09. The third-order valence-electron chi connectivity index (χ3n) is 14.2. The fourth-order valence-electron chi connectivity index (χ4n) is 12.8. The number of nitrogens with zero attached hydrogens (tertiary/aromatic N) is 5. The van der Waals surface area contributed by atoms with Crippen LogP contribution >= 0.6 is 0 Å². The van der Waals surface area contributed by atoms with Crippen LogP contribution in [-0.4, -0.2) is 133 Å². The quantitative estimate of drug-likeness (QED) is 0.107. The molecule has 3 aliphatic carbocycles. The van der Waals surface area contributed by atoms with E-state index in [4.69, 9.17) is 18.9 Å². The van der Waals surface area contributed by atoms with Crippen molar-refractivity contribution in [3.63, 3.8) is 0 Å². The highest BCUT2D eigenvalue weighted by Gasteiger charge is 2.47. The molecule has 6 atom stereocenters. The first kappa shape index (κ1) is 50.5. The summed E-state index contributed by atoms with van der Waals surface area (Å²) >= 11 is 0. The summed E-state index contributed by atoms with van der Waals surface area (Å²) in [4.78, 5) is 88.2. The molecule has 2 saturated heterocycles. The Kier molecular flexibility index (Phi) is 15.3. The number of aromatic nitrogens is 3. The molecular weight excluding hydrogens is 837 g/mol. The van der Waals surface area contributed by atoms with E-state index in [-0.39, 0.29) is 67.2 Å². The second-order valence-electron chi connectivity index (χ2n) is 23.9. The fourth-order valence-corrected chi connectivity index (χ4v) is 12.8. The number of rotatable bonds is 18. The number of carbonyl (C=O) groups excluding carboxylic acids is 3. The maximum absolute atomic E-state index is 15.0. The van der Waals surface area contributed by atoms with Gasteiger partial charge >= 0.3 is 35.3 Å². The van der Waals surface area contributed by atoms with Gasteiger partial charge in [-0.3, -0.25) is 9.80 Å². The smallest absolute Gasteiger partial charge is 0.407 e. The first-order valence-electron chi connectivity index (χ1n) is 24.0. The molecule has 18 heteroatoms. The summed E-state index contributed by atoms with van der Waals surface area (Å²) in [5.41, 5.74) is -4.69. The minimum absolute atomic E-state index is 0.0244. The molecule has 0 aromatic carbocycles. The lowest BCUT2D eigenvalue weighted by Gasteiger charge is -2.48. The Morgan fingerprint density at radius 2 is 0.769 bits per heavy atom. The lowest BCUT2D eigenvalue weighted by Crippen LogP contribution is -2.60. The highest BCUT2D eigenvalue weighted by molar-refractivity contribution is 5.68. The molecule has 1 aromatic heterocycles. The zero-order chi connectivity index (χ0) is 47.6. The van der Waals surface area contributed by atoms with Crippen LogP contribution in [0.15, 0.2) is 14.4 Å². The molecule has 2 aliphatic heterocycles. The fraction of sp³-hybridized carbons (Fsp3) is 0.872. The number of alkyl carbamates (subject to hydrolysis) is 3. The second kappa shape index (κ2) is 19.7. The van der Waals surface area contributed by atoms with Gasteiger partial charge in [-0.15, -0.1) is 0 Å². The predicted octanol–water partition coefficient (Wildman–Crippen LogP) is 4.38. The van der Waals surface area contributed by atoms with Gasteiger partial charge in [-0.25, -0.2) is 42.5 Å². The molecule has 0 bridgehead atoms. The molecule has 5 fully saturated rings. The standard InChI is InChI=1S/C47H80N8O10/c1-42(2)21-33(48-36(56)63-17-15-51-11-12-51)24-45(7,27-42)30-53-39(59)54(31-46(8)25-34(22-43(3,4)28-46)49-37(57)64-18-16-52-13-14-52)41(61)55(40(53)60)32-47(9)26-35(23-44(5,6)29-47)50-38(58)65-20-19-62-10/h33-35H,11-32H2,1-10H3,(H,48,56)(H,49,57)(H,50,58)/t33-,34+,35?,45+,46?,47?/m0/s1. The Morgan fingerprint density at radius 3 is 1.05 bits per heavy atom. The van der Waals surface area contributed by atoms with Crippen LogP contribution in [0.3, 0.4) is 0 Å². The maximum Gasteiger partial charge on any atom is 0.407 e. The largest absolute Gasteiger partial charge is 0.448 e. The number of carbonyl (C=O) groups is 3. The molecule has 1 aromatic rings. The Morgan fingerprint density at radius 1 is 0.477 bits per heavy atom. The second-order valence-corrected chi connectivity index (χ2v) is 23.9. The van der Waals surface area contributed by atoms with Crippen molar-refractivity contribution in [2.24, 2.45) is 32.5 Å². The van der Waals surface area contributed by atoms with Crippen molar-refractivity contribution in [3.05, 3.63) is 31.5 Å². The molecule has 3 heterocycles. The first-order chi connectivity index (χ1) is 30.3. The van der Waals surface area contributed by atoms with Gasteiger partial charge in [0.15, 0.2) is 0 Å². The Balaban J connectivity index is 1.32. The van der Waals surface area contributed by atoms with E-state index >= 15 is 4.79 Å². The van der Waals surface area contributed by atoms with E-state index in [1.165, 1.54) is 20.8 Å². The third kappa shape index (κ3) is 14.5. The van der Waals surface area contributed by atoms with Crippen molar-refractivity contribution in [2.75, 3.05) is 72.8 Å². The maximum atomic E-state index is 15.0. The van der Waals surface area contributed by atoms with Gasteiger partial charge < -0.3 is 34.9 Å². The van der Waals surface area contributed by atoms with Gasteiger partial charge in [0.05, 0.1) is 6.61 Å². The van der Waals surface area contributed by atoms with Gasteiger partial charge in [0, 0.05) is 84.1 Å². The Hall–Kier alpha value is -3.90. The number of hydrogen-bond acceptors (Lipinski definition) is 12. The average molecular weight is 917 g/mol. The molecule has 65 heavy (non-hydrogen) atoms. The van der Waals surface area contributed by atoms with Gasteiger partial charge in [-0.1, -0.05) is 62.3 Å². The lowest BCUT2D eigenvalue weighted by molar-refractivity contribution is 0.0389. The monoisotopic (exact) mass is 917 g/mol. The van der Waals surface area contributed by atoms with E-state index in [9.17, 15) is 24.0 Å². The van der Waals surface area contributed by atoms with Crippen molar-refractivity contribution in [1.82, 2.24) is 39.5 Å². The van der Waals surface area contributed by atoms with E-state index in [1.807, 2.05) is 6.92 Å². The highest BCUT2D eigenvalue weighted by Crippen LogP contribution is 2.49. The minimum atomic E-state index is -0.674. The van der Waals surface area contributed by atoms with Gasteiger partial charge in [-0.05, 0) is 90.3 Å². The van der Waals surface area contributed by atoms with Crippen molar-refractivity contribution < 1.29 is 33.3 Å². The van der Waals surface area contributed by atoms with Crippen LogP contribution in [0.2, 0.25) is 0 Å². The molecule has 18 nitrogen and oxygen atoms in total. The van der Waals surface area contributed by atoms with E-state index in [1.54, 1.807) is 0 Å². The van der Waals surface area contributed by atoms with E-state index in [0.29, 0.717) is 84.1 Å². The first-order valence-corrected chi connectivity index (χ1v) is 24.0. The van der Waals surface area contributed by atoms with Gasteiger partial charge in [0.2, 0.25) is 0 Å². The van der Waals surface area contributed by atoms with Crippen molar-refractivity contribution in [2.45, 2.75) is 158 Å². The Labute approximate surface area is 384 Å². The number of amides is 3. The normalized spacial score (nSPS) is 30.5. The van der Waals surface area contributed by atoms with Crippen molar-refractivity contribution in [3.8, 4) is 0 Å². The zero-order valence-corrected chi connectivity index (χ0v) is 41.1.